The first kappa shape index (κ1) is 12.7. The Morgan fingerprint density at radius 2 is 2.11 bits per heavy atom. The third-order valence-corrected chi connectivity index (χ3v) is 2.82. The van der Waals surface area contributed by atoms with Gasteiger partial charge >= 0.3 is 0 Å². The topological polar surface area (TPSA) is 34.4 Å². The summed E-state index contributed by atoms with van der Waals surface area (Å²) in [5.41, 5.74) is 1.28. The highest BCUT2D eigenvalue weighted by Crippen LogP contribution is 2.12. The maximum atomic E-state index is 5.49. The fourth-order valence-electron chi connectivity index (χ4n) is 1.85. The zero-order valence-corrected chi connectivity index (χ0v) is 10.9. The molecule has 0 radical (unpaired) electrons. The Bertz CT molecular complexity index is 491. The second-order valence-electron chi connectivity index (χ2n) is 4.29. The molecule has 0 aliphatic carbocycles. The zero-order valence-electron chi connectivity index (χ0n) is 10.9. The van der Waals surface area contributed by atoms with Crippen molar-refractivity contribution in [1.82, 2.24) is 5.32 Å². The fourth-order valence-corrected chi connectivity index (χ4v) is 1.85. The van der Waals surface area contributed by atoms with E-state index >= 15 is 0 Å². The number of ether oxygens (including phenoxy) is 1. The van der Waals surface area contributed by atoms with Gasteiger partial charge < -0.3 is 14.5 Å². The molecule has 0 bridgehead atoms. The van der Waals surface area contributed by atoms with Gasteiger partial charge in [0.25, 0.3) is 0 Å². The van der Waals surface area contributed by atoms with Crippen molar-refractivity contribution in [2.75, 3.05) is 13.7 Å². The number of benzene rings is 1. The van der Waals surface area contributed by atoms with Crippen molar-refractivity contribution in [3.8, 4) is 5.75 Å². The van der Waals surface area contributed by atoms with Crippen molar-refractivity contribution in [2.45, 2.75) is 19.9 Å². The van der Waals surface area contributed by atoms with Gasteiger partial charge in [-0.15, -0.1) is 0 Å². The van der Waals surface area contributed by atoms with E-state index in [0.29, 0.717) is 0 Å². The summed E-state index contributed by atoms with van der Waals surface area (Å²) in [4.78, 5) is 0. The summed E-state index contributed by atoms with van der Waals surface area (Å²) in [6.07, 6.45) is 0.983. The molecule has 0 saturated carbocycles. The molecule has 0 saturated heterocycles. The number of hydrogen-bond donors (Lipinski definition) is 1. The molecule has 0 atom stereocenters. The van der Waals surface area contributed by atoms with Gasteiger partial charge in [-0.2, -0.15) is 0 Å². The molecule has 0 spiro atoms. The Hall–Kier alpha value is -1.74. The van der Waals surface area contributed by atoms with E-state index in [1.807, 2.05) is 31.2 Å². The Kier molecular flexibility index (Phi) is 4.42. The van der Waals surface area contributed by atoms with E-state index in [4.69, 9.17) is 9.15 Å². The lowest BCUT2D eigenvalue weighted by molar-refractivity contribution is 0.414. The standard InChI is InChI=1S/C15H19NO2/c1-12-6-7-15(18-12)11-16-9-8-13-4-3-5-14(10-13)17-2/h3-7,10,16H,8-9,11H2,1-2H3. The van der Waals surface area contributed by atoms with Gasteiger partial charge in [0.05, 0.1) is 13.7 Å². The van der Waals surface area contributed by atoms with Crippen LogP contribution >= 0.6 is 0 Å². The molecule has 96 valence electrons. The molecule has 0 fully saturated rings. The highest BCUT2D eigenvalue weighted by molar-refractivity contribution is 5.28. The second-order valence-corrected chi connectivity index (χ2v) is 4.29. The fraction of sp³-hybridized carbons (Fsp3) is 0.333. The smallest absolute Gasteiger partial charge is 0.119 e. The van der Waals surface area contributed by atoms with E-state index in [1.54, 1.807) is 7.11 Å². The van der Waals surface area contributed by atoms with E-state index in [0.717, 1.165) is 36.8 Å². The van der Waals surface area contributed by atoms with Crippen LogP contribution < -0.4 is 10.1 Å². The number of nitrogens with one attached hydrogen (secondary N) is 1. The normalized spacial score (nSPS) is 10.6. The first-order chi connectivity index (χ1) is 8.78. The van der Waals surface area contributed by atoms with Crippen LogP contribution in [0.3, 0.4) is 0 Å². The van der Waals surface area contributed by atoms with E-state index in [-0.39, 0.29) is 0 Å². The van der Waals surface area contributed by atoms with Crippen molar-refractivity contribution in [2.24, 2.45) is 0 Å². The lowest BCUT2D eigenvalue weighted by Crippen LogP contribution is -2.16. The molecule has 1 aromatic heterocycles. The van der Waals surface area contributed by atoms with Crippen LogP contribution in [0.2, 0.25) is 0 Å². The van der Waals surface area contributed by atoms with Crippen LogP contribution in [0.1, 0.15) is 17.1 Å². The molecular weight excluding hydrogens is 226 g/mol. The molecule has 0 unspecified atom stereocenters. The van der Waals surface area contributed by atoms with Crippen LogP contribution in [0, 0.1) is 6.92 Å². The molecule has 1 aromatic carbocycles. The third kappa shape index (κ3) is 3.64. The Labute approximate surface area is 108 Å². The van der Waals surface area contributed by atoms with Crippen molar-refractivity contribution in [3.05, 3.63) is 53.5 Å². The number of methoxy groups -OCH3 is 1. The molecule has 1 N–H and O–H groups in total. The van der Waals surface area contributed by atoms with Crippen LogP contribution in [-0.2, 0) is 13.0 Å². The van der Waals surface area contributed by atoms with E-state index in [9.17, 15) is 0 Å². The minimum absolute atomic E-state index is 0.776. The highest BCUT2D eigenvalue weighted by atomic mass is 16.5. The van der Waals surface area contributed by atoms with Gasteiger partial charge in [-0.05, 0) is 49.7 Å². The van der Waals surface area contributed by atoms with Crippen LogP contribution in [0.5, 0.6) is 5.75 Å². The van der Waals surface area contributed by atoms with Gasteiger partial charge in [0.1, 0.15) is 17.3 Å². The average molecular weight is 245 g/mol. The number of aryl methyl sites for hydroxylation is 1. The molecule has 0 aliphatic heterocycles. The SMILES string of the molecule is COc1cccc(CCNCc2ccc(C)o2)c1. The minimum Gasteiger partial charge on any atom is -0.497 e. The van der Waals surface area contributed by atoms with Gasteiger partial charge in [-0.25, -0.2) is 0 Å². The second kappa shape index (κ2) is 6.26. The van der Waals surface area contributed by atoms with Gasteiger partial charge in [0.2, 0.25) is 0 Å². The Morgan fingerprint density at radius 3 is 2.83 bits per heavy atom. The number of furan rings is 1. The van der Waals surface area contributed by atoms with Gasteiger partial charge in [-0.1, -0.05) is 12.1 Å². The monoisotopic (exact) mass is 245 g/mol. The van der Waals surface area contributed by atoms with Crippen molar-refractivity contribution in [1.29, 1.82) is 0 Å². The molecular formula is C15H19NO2. The van der Waals surface area contributed by atoms with Crippen molar-refractivity contribution in [3.63, 3.8) is 0 Å². The maximum absolute atomic E-state index is 5.49. The summed E-state index contributed by atoms with van der Waals surface area (Å²) in [6, 6.07) is 12.2. The van der Waals surface area contributed by atoms with E-state index < -0.39 is 0 Å². The van der Waals surface area contributed by atoms with Crippen LogP contribution in [-0.4, -0.2) is 13.7 Å². The lowest BCUT2D eigenvalue weighted by Gasteiger charge is -2.05. The molecule has 18 heavy (non-hydrogen) atoms. The predicted octanol–water partition coefficient (Wildman–Crippen LogP) is 2.93. The first-order valence-electron chi connectivity index (χ1n) is 6.17. The molecule has 2 aromatic rings. The third-order valence-electron chi connectivity index (χ3n) is 2.82. The largest absolute Gasteiger partial charge is 0.497 e. The van der Waals surface area contributed by atoms with Crippen LogP contribution in [0.15, 0.2) is 40.8 Å². The average Bonchev–Trinajstić information content (AvgIpc) is 2.81. The van der Waals surface area contributed by atoms with E-state index in [1.165, 1.54) is 5.56 Å². The lowest BCUT2D eigenvalue weighted by atomic mass is 10.1. The molecule has 2 rings (SSSR count). The Balaban J connectivity index is 1.74. The molecule has 0 aliphatic rings. The van der Waals surface area contributed by atoms with Crippen LogP contribution in [0.25, 0.3) is 0 Å². The summed E-state index contributed by atoms with van der Waals surface area (Å²) in [5, 5.41) is 3.37. The highest BCUT2D eigenvalue weighted by Gasteiger charge is 1.99. The van der Waals surface area contributed by atoms with Gasteiger partial charge in [-0.3, -0.25) is 0 Å². The van der Waals surface area contributed by atoms with Gasteiger partial charge in [0, 0.05) is 0 Å². The number of rotatable bonds is 6. The predicted molar refractivity (Wildman–Crippen MR) is 71.8 cm³/mol. The van der Waals surface area contributed by atoms with Crippen molar-refractivity contribution < 1.29 is 9.15 Å². The number of hydrogen-bond acceptors (Lipinski definition) is 3. The minimum atomic E-state index is 0.776. The first-order valence-corrected chi connectivity index (χ1v) is 6.17. The summed E-state index contributed by atoms with van der Waals surface area (Å²) in [6.45, 7) is 3.66. The summed E-state index contributed by atoms with van der Waals surface area (Å²) >= 11 is 0. The molecule has 0 amide bonds. The zero-order chi connectivity index (χ0) is 12.8. The molecule has 3 heteroatoms. The summed E-state index contributed by atoms with van der Waals surface area (Å²) in [7, 11) is 1.69. The van der Waals surface area contributed by atoms with Crippen LogP contribution in [0.4, 0.5) is 0 Å². The maximum Gasteiger partial charge on any atom is 0.119 e. The molecule has 3 nitrogen and oxygen atoms in total. The Morgan fingerprint density at radius 1 is 1.22 bits per heavy atom. The van der Waals surface area contributed by atoms with E-state index in [2.05, 4.69) is 17.4 Å². The van der Waals surface area contributed by atoms with Gasteiger partial charge in [0.15, 0.2) is 0 Å². The van der Waals surface area contributed by atoms with Crippen molar-refractivity contribution >= 4 is 0 Å². The molecule has 1 heterocycles. The quantitative estimate of drug-likeness (QED) is 0.795. The summed E-state index contributed by atoms with van der Waals surface area (Å²) in [5.74, 6) is 2.85. The summed E-state index contributed by atoms with van der Waals surface area (Å²) < 4.78 is 10.7.